The summed E-state index contributed by atoms with van der Waals surface area (Å²) >= 11 is 0. The molecule has 5 nitrogen and oxygen atoms in total. The van der Waals surface area contributed by atoms with E-state index in [0.717, 1.165) is 57.8 Å². The van der Waals surface area contributed by atoms with E-state index in [-0.39, 0.29) is 5.92 Å². The number of methoxy groups -OCH3 is 1. The van der Waals surface area contributed by atoms with Gasteiger partial charge in [-0.2, -0.15) is 0 Å². The second-order valence-corrected chi connectivity index (χ2v) is 6.09. The first-order valence-corrected chi connectivity index (χ1v) is 7.86. The first-order chi connectivity index (χ1) is 10.1. The number of carbonyl (C=O) groups excluding carboxylic acids is 2. The summed E-state index contributed by atoms with van der Waals surface area (Å²) in [7, 11) is 1.37. The molecule has 1 radical (unpaired) electrons. The Balaban J connectivity index is 2.32. The van der Waals surface area contributed by atoms with Crippen molar-refractivity contribution < 1.29 is 14.3 Å². The molecule has 0 aromatic carbocycles. The van der Waals surface area contributed by atoms with Crippen LogP contribution in [0.25, 0.3) is 0 Å². The molecule has 2 amide bonds. The number of hydrogen-bond acceptors (Lipinski definition) is 3. The summed E-state index contributed by atoms with van der Waals surface area (Å²) < 4.78 is 4.80. The normalized spacial score (nSPS) is 25.4. The van der Waals surface area contributed by atoms with Crippen molar-refractivity contribution in [3.8, 4) is 0 Å². The van der Waals surface area contributed by atoms with E-state index in [2.05, 4.69) is 11.4 Å². The van der Waals surface area contributed by atoms with E-state index >= 15 is 0 Å². The van der Waals surface area contributed by atoms with Crippen LogP contribution in [-0.2, 0) is 9.53 Å². The zero-order valence-corrected chi connectivity index (χ0v) is 12.7. The molecule has 1 saturated carbocycles. The Morgan fingerprint density at radius 3 is 2.57 bits per heavy atom. The lowest BCUT2D eigenvalue weighted by atomic mass is 9.68. The third-order valence-electron chi connectivity index (χ3n) is 4.80. The van der Waals surface area contributed by atoms with Gasteiger partial charge >= 0.3 is 6.09 Å². The molecule has 0 heterocycles. The fourth-order valence-corrected chi connectivity index (χ4v) is 3.77. The van der Waals surface area contributed by atoms with Crippen molar-refractivity contribution in [2.75, 3.05) is 7.11 Å². The number of allylic oxidation sites excluding steroid dienone is 1. The Labute approximate surface area is 126 Å². The molecule has 117 valence electrons. The molecule has 0 aromatic rings. The molecular weight excluding hydrogens is 268 g/mol. The molecule has 0 saturated heterocycles. The second-order valence-electron chi connectivity index (χ2n) is 6.09. The lowest BCUT2D eigenvalue weighted by Gasteiger charge is -2.44. The summed E-state index contributed by atoms with van der Waals surface area (Å²) in [5.41, 5.74) is 5.74. The lowest BCUT2D eigenvalue weighted by Crippen LogP contribution is -2.56. The molecular formula is C16H25N2O3. The summed E-state index contributed by atoms with van der Waals surface area (Å²) in [4.78, 5) is 23.6. The van der Waals surface area contributed by atoms with Crippen molar-refractivity contribution in [1.29, 1.82) is 0 Å². The van der Waals surface area contributed by atoms with E-state index in [1.54, 1.807) is 0 Å². The predicted molar refractivity (Wildman–Crippen MR) is 79.3 cm³/mol. The zero-order chi connectivity index (χ0) is 15.3. The summed E-state index contributed by atoms with van der Waals surface area (Å²) in [5, 5.41) is 3.03. The third kappa shape index (κ3) is 3.57. The molecule has 2 rings (SSSR count). The standard InChI is InChI=1S/C16H25N2O3/c1-21-15(20)18-16(10-6-3-7-11-16)13-9-5-2-4-8-12(13)14(17)19/h13H,2-7,9-11H2,1H3,(H2,17,19)(H,18,20). The van der Waals surface area contributed by atoms with Crippen LogP contribution in [-0.4, -0.2) is 24.6 Å². The van der Waals surface area contributed by atoms with Gasteiger partial charge in [0, 0.05) is 11.5 Å². The number of ether oxygens (including phenoxy) is 1. The molecule has 1 fully saturated rings. The number of rotatable bonds is 3. The van der Waals surface area contributed by atoms with Crippen molar-refractivity contribution in [1.82, 2.24) is 5.32 Å². The van der Waals surface area contributed by atoms with Gasteiger partial charge in [-0.1, -0.05) is 25.7 Å². The minimum Gasteiger partial charge on any atom is -0.453 e. The molecule has 2 aliphatic carbocycles. The minimum atomic E-state index is -0.426. The first kappa shape index (κ1) is 15.9. The van der Waals surface area contributed by atoms with Gasteiger partial charge in [0.25, 0.3) is 0 Å². The third-order valence-corrected chi connectivity index (χ3v) is 4.80. The Bertz CT molecular complexity index is 425. The molecule has 1 atom stereocenters. The Hall–Kier alpha value is -1.52. The summed E-state index contributed by atoms with van der Waals surface area (Å²) in [6.45, 7) is 0. The lowest BCUT2D eigenvalue weighted by molar-refractivity contribution is -0.115. The quantitative estimate of drug-likeness (QED) is 0.838. The van der Waals surface area contributed by atoms with Gasteiger partial charge in [0.1, 0.15) is 0 Å². The largest absolute Gasteiger partial charge is 0.453 e. The number of nitrogens with one attached hydrogen (secondary N) is 1. The van der Waals surface area contributed by atoms with E-state index in [4.69, 9.17) is 10.5 Å². The van der Waals surface area contributed by atoms with E-state index < -0.39 is 17.5 Å². The molecule has 0 bridgehead atoms. The van der Waals surface area contributed by atoms with Gasteiger partial charge < -0.3 is 15.8 Å². The number of carbonyl (C=O) groups is 2. The van der Waals surface area contributed by atoms with Crippen LogP contribution in [0.5, 0.6) is 0 Å². The van der Waals surface area contributed by atoms with Crippen molar-refractivity contribution >= 4 is 12.0 Å². The van der Waals surface area contributed by atoms with Crippen molar-refractivity contribution in [3.63, 3.8) is 0 Å². The molecule has 3 N–H and O–H groups in total. The van der Waals surface area contributed by atoms with Gasteiger partial charge in [-0.25, -0.2) is 4.79 Å². The average Bonchev–Trinajstić information content (AvgIpc) is 2.74. The Kier molecular flexibility index (Phi) is 5.26. The van der Waals surface area contributed by atoms with Crippen LogP contribution < -0.4 is 11.1 Å². The van der Waals surface area contributed by atoms with Crippen LogP contribution in [0, 0.1) is 12.0 Å². The minimum absolute atomic E-state index is 0.0445. The first-order valence-electron chi connectivity index (χ1n) is 7.86. The SMILES string of the molecule is COC(=O)NC1(C2CCCC[C]=C2C(N)=O)CCCCC1. The highest BCUT2D eigenvalue weighted by molar-refractivity contribution is 5.92. The van der Waals surface area contributed by atoms with Gasteiger partial charge in [0.2, 0.25) is 5.91 Å². The van der Waals surface area contributed by atoms with Gasteiger partial charge in [-0.15, -0.1) is 0 Å². The van der Waals surface area contributed by atoms with Gasteiger partial charge in [-0.05, 0) is 38.2 Å². The number of alkyl carbamates (subject to hydrolysis) is 1. The van der Waals surface area contributed by atoms with Crippen LogP contribution >= 0.6 is 0 Å². The zero-order valence-electron chi connectivity index (χ0n) is 12.7. The van der Waals surface area contributed by atoms with Gasteiger partial charge in [0.05, 0.1) is 12.6 Å². The van der Waals surface area contributed by atoms with Crippen LogP contribution in [0.4, 0.5) is 4.79 Å². The molecule has 21 heavy (non-hydrogen) atoms. The van der Waals surface area contributed by atoms with E-state index in [9.17, 15) is 9.59 Å². The van der Waals surface area contributed by atoms with Crippen LogP contribution in [0.1, 0.15) is 57.8 Å². The second kappa shape index (κ2) is 6.96. The number of primary amides is 1. The maximum absolute atomic E-state index is 11.8. The molecule has 0 aromatic heterocycles. The predicted octanol–water partition coefficient (Wildman–Crippen LogP) is 2.45. The molecule has 5 heteroatoms. The maximum atomic E-state index is 11.8. The topological polar surface area (TPSA) is 81.4 Å². The Morgan fingerprint density at radius 2 is 1.95 bits per heavy atom. The highest BCUT2D eigenvalue weighted by atomic mass is 16.5. The number of nitrogens with two attached hydrogens (primary N) is 1. The van der Waals surface area contributed by atoms with Crippen molar-refractivity contribution in [3.05, 3.63) is 11.6 Å². The van der Waals surface area contributed by atoms with Crippen molar-refractivity contribution in [2.24, 2.45) is 11.7 Å². The molecule has 2 aliphatic rings. The summed E-state index contributed by atoms with van der Waals surface area (Å²) in [6, 6.07) is 0. The fraction of sp³-hybridized carbons (Fsp3) is 0.750. The average molecular weight is 293 g/mol. The highest BCUT2D eigenvalue weighted by Crippen LogP contribution is 2.41. The molecule has 0 aliphatic heterocycles. The van der Waals surface area contributed by atoms with Gasteiger partial charge in [0.15, 0.2) is 0 Å². The number of amides is 2. The van der Waals surface area contributed by atoms with E-state index in [0.29, 0.717) is 5.57 Å². The molecule has 1 unspecified atom stereocenters. The summed E-state index contributed by atoms with van der Waals surface area (Å²) in [5.74, 6) is -0.449. The maximum Gasteiger partial charge on any atom is 0.407 e. The van der Waals surface area contributed by atoms with Crippen molar-refractivity contribution in [2.45, 2.75) is 63.3 Å². The highest BCUT2D eigenvalue weighted by Gasteiger charge is 2.44. The monoisotopic (exact) mass is 293 g/mol. The van der Waals surface area contributed by atoms with Crippen LogP contribution in [0.3, 0.4) is 0 Å². The van der Waals surface area contributed by atoms with E-state index in [1.165, 1.54) is 7.11 Å². The fourth-order valence-electron chi connectivity index (χ4n) is 3.77. The Morgan fingerprint density at radius 1 is 1.24 bits per heavy atom. The van der Waals surface area contributed by atoms with Crippen LogP contribution in [0.2, 0.25) is 0 Å². The van der Waals surface area contributed by atoms with Crippen LogP contribution in [0.15, 0.2) is 5.57 Å². The number of hydrogen-bond donors (Lipinski definition) is 2. The smallest absolute Gasteiger partial charge is 0.407 e. The summed E-state index contributed by atoms with van der Waals surface area (Å²) in [6.07, 6.45) is 11.4. The van der Waals surface area contributed by atoms with Gasteiger partial charge in [-0.3, -0.25) is 4.79 Å². The molecule has 0 spiro atoms. The van der Waals surface area contributed by atoms with E-state index in [1.807, 2.05) is 0 Å².